The van der Waals surface area contributed by atoms with Crippen LogP contribution >= 0.6 is 38.5 Å². The number of nitrogens with zero attached hydrogens (tertiary/aromatic N) is 1. The van der Waals surface area contributed by atoms with Crippen molar-refractivity contribution in [1.29, 1.82) is 0 Å². The molecular weight excluding hydrogens is 483 g/mol. The molecule has 1 aliphatic rings. The number of halogens is 2. The third-order valence-corrected chi connectivity index (χ3v) is 5.91. The molecule has 1 saturated heterocycles. The van der Waals surface area contributed by atoms with Crippen LogP contribution in [0.3, 0.4) is 0 Å². The Bertz CT molecular complexity index is 809. The summed E-state index contributed by atoms with van der Waals surface area (Å²) in [4.78, 5) is 26.5. The highest BCUT2D eigenvalue weighted by Crippen LogP contribution is 2.29. The highest BCUT2D eigenvalue weighted by atomic mass is 127. The largest absolute Gasteiger partial charge is 0.325 e. The minimum absolute atomic E-state index is 0.0142. The summed E-state index contributed by atoms with van der Waals surface area (Å²) in [6.45, 7) is 2.39. The van der Waals surface area contributed by atoms with Crippen molar-refractivity contribution in [2.45, 2.75) is 13.3 Å². The van der Waals surface area contributed by atoms with Gasteiger partial charge in [0.1, 0.15) is 0 Å². The number of hydrogen-bond donors (Lipinski definition) is 1. The van der Waals surface area contributed by atoms with Crippen LogP contribution in [0.1, 0.15) is 12.0 Å². The second-order valence-electron chi connectivity index (χ2n) is 5.81. The molecule has 1 fully saturated rings. The average Bonchev–Trinajstić information content (AvgIpc) is 2.94. The number of carbonyl (C=O) groups excluding carboxylic acids is 2. The fraction of sp³-hybridized carbons (Fsp3) is 0.222. The minimum Gasteiger partial charge on any atom is -0.325 e. The number of benzene rings is 2. The van der Waals surface area contributed by atoms with Crippen LogP contribution in [0.4, 0.5) is 11.4 Å². The van der Waals surface area contributed by atoms with Crippen LogP contribution < -0.4 is 10.2 Å². The number of anilines is 2. The molecule has 2 aromatic carbocycles. The van der Waals surface area contributed by atoms with Gasteiger partial charge in [-0.15, -0.1) is 0 Å². The van der Waals surface area contributed by atoms with Crippen molar-refractivity contribution in [2.24, 2.45) is 5.92 Å². The van der Waals surface area contributed by atoms with Gasteiger partial charge in [0.25, 0.3) is 0 Å². The van der Waals surface area contributed by atoms with Crippen molar-refractivity contribution in [3.05, 3.63) is 56.1 Å². The number of para-hydroxylation sites is 1. The van der Waals surface area contributed by atoms with Gasteiger partial charge < -0.3 is 10.2 Å². The summed E-state index contributed by atoms with van der Waals surface area (Å²) in [6, 6.07) is 13.4. The zero-order valence-corrected chi connectivity index (χ0v) is 16.8. The van der Waals surface area contributed by atoms with Gasteiger partial charge in [0, 0.05) is 26.7 Å². The van der Waals surface area contributed by atoms with Gasteiger partial charge in [0.15, 0.2) is 0 Å². The first-order valence-corrected chi connectivity index (χ1v) is 9.45. The number of amides is 2. The molecule has 1 aliphatic heterocycles. The van der Waals surface area contributed by atoms with Gasteiger partial charge in [0.2, 0.25) is 11.8 Å². The van der Waals surface area contributed by atoms with E-state index in [1.54, 1.807) is 4.90 Å². The second kappa shape index (κ2) is 7.23. The molecule has 0 spiro atoms. The summed E-state index contributed by atoms with van der Waals surface area (Å²) in [6.07, 6.45) is 0.240. The fourth-order valence-electron chi connectivity index (χ4n) is 2.73. The predicted octanol–water partition coefficient (Wildman–Crippen LogP) is 4.35. The van der Waals surface area contributed by atoms with E-state index in [1.165, 1.54) is 0 Å². The number of carbonyl (C=O) groups is 2. The molecule has 0 saturated carbocycles. The zero-order valence-electron chi connectivity index (χ0n) is 13.1. The quantitative estimate of drug-likeness (QED) is 0.639. The molecule has 6 heteroatoms. The molecule has 1 atom stereocenters. The van der Waals surface area contributed by atoms with E-state index in [0.29, 0.717) is 6.54 Å². The van der Waals surface area contributed by atoms with Crippen LogP contribution in [-0.4, -0.2) is 18.4 Å². The predicted molar refractivity (Wildman–Crippen MR) is 107 cm³/mol. The van der Waals surface area contributed by atoms with Crippen molar-refractivity contribution < 1.29 is 9.59 Å². The van der Waals surface area contributed by atoms with E-state index < -0.39 is 0 Å². The lowest BCUT2D eigenvalue weighted by atomic mass is 10.1. The maximum Gasteiger partial charge on any atom is 0.229 e. The molecule has 3 rings (SSSR count). The Morgan fingerprint density at radius 3 is 2.75 bits per heavy atom. The normalized spacial score (nSPS) is 17.2. The van der Waals surface area contributed by atoms with Crippen molar-refractivity contribution in [1.82, 2.24) is 0 Å². The third-order valence-electron chi connectivity index (χ3n) is 4.08. The first-order chi connectivity index (χ1) is 11.5. The molecule has 24 heavy (non-hydrogen) atoms. The maximum absolute atomic E-state index is 12.5. The number of nitrogens with one attached hydrogen (secondary N) is 1. The van der Waals surface area contributed by atoms with Crippen LogP contribution in [0.25, 0.3) is 0 Å². The van der Waals surface area contributed by atoms with Crippen LogP contribution in [0.2, 0.25) is 0 Å². The Morgan fingerprint density at radius 1 is 1.29 bits per heavy atom. The minimum atomic E-state index is -0.336. The van der Waals surface area contributed by atoms with E-state index in [-0.39, 0.29) is 24.2 Å². The van der Waals surface area contributed by atoms with Gasteiger partial charge in [-0.1, -0.05) is 28.1 Å². The van der Waals surface area contributed by atoms with Gasteiger partial charge >= 0.3 is 0 Å². The molecule has 0 aliphatic carbocycles. The molecule has 2 aromatic rings. The molecule has 1 unspecified atom stereocenters. The Kier molecular flexibility index (Phi) is 5.24. The van der Waals surface area contributed by atoms with E-state index in [9.17, 15) is 9.59 Å². The van der Waals surface area contributed by atoms with Crippen LogP contribution in [0, 0.1) is 16.4 Å². The molecule has 1 heterocycles. The summed E-state index contributed by atoms with van der Waals surface area (Å²) in [5, 5.41) is 2.93. The Labute approximate surface area is 162 Å². The van der Waals surface area contributed by atoms with Crippen LogP contribution in [-0.2, 0) is 9.59 Å². The smallest absolute Gasteiger partial charge is 0.229 e. The van der Waals surface area contributed by atoms with E-state index in [0.717, 1.165) is 25.0 Å². The van der Waals surface area contributed by atoms with E-state index in [1.807, 2.05) is 49.4 Å². The van der Waals surface area contributed by atoms with Gasteiger partial charge in [-0.05, 0) is 65.4 Å². The molecule has 0 aromatic heterocycles. The molecule has 2 amide bonds. The van der Waals surface area contributed by atoms with Crippen LogP contribution in [0.5, 0.6) is 0 Å². The van der Waals surface area contributed by atoms with Crippen LogP contribution in [0.15, 0.2) is 46.9 Å². The summed E-state index contributed by atoms with van der Waals surface area (Å²) < 4.78 is 1.99. The number of aryl methyl sites for hydroxylation is 1. The lowest BCUT2D eigenvalue weighted by Crippen LogP contribution is -2.28. The number of hydrogen-bond acceptors (Lipinski definition) is 2. The van der Waals surface area contributed by atoms with Gasteiger partial charge in [-0.25, -0.2) is 0 Å². The van der Waals surface area contributed by atoms with E-state index in [2.05, 4.69) is 43.8 Å². The summed E-state index contributed by atoms with van der Waals surface area (Å²) in [5.74, 6) is -0.458. The van der Waals surface area contributed by atoms with E-state index in [4.69, 9.17) is 0 Å². The monoisotopic (exact) mass is 498 g/mol. The first-order valence-electron chi connectivity index (χ1n) is 7.57. The molecule has 0 radical (unpaired) electrons. The van der Waals surface area contributed by atoms with Crippen molar-refractivity contribution in [3.63, 3.8) is 0 Å². The Hall–Kier alpha value is -1.41. The van der Waals surface area contributed by atoms with E-state index >= 15 is 0 Å². The summed E-state index contributed by atoms with van der Waals surface area (Å²) in [5.41, 5.74) is 2.69. The topological polar surface area (TPSA) is 49.4 Å². The van der Waals surface area contributed by atoms with Crippen molar-refractivity contribution in [3.8, 4) is 0 Å². The SMILES string of the molecule is Cc1cc(N2CC(C(=O)Nc3ccccc3I)CC2=O)ccc1Br. The molecule has 4 nitrogen and oxygen atoms in total. The summed E-state index contributed by atoms with van der Waals surface area (Å²) >= 11 is 5.65. The standard InChI is InChI=1S/C18H16BrIN2O2/c1-11-8-13(6-7-14(11)19)22-10-12(9-17(22)23)18(24)21-16-5-3-2-4-15(16)20/h2-8,12H,9-10H2,1H3,(H,21,24). The average molecular weight is 499 g/mol. The second-order valence-corrected chi connectivity index (χ2v) is 7.82. The van der Waals surface area contributed by atoms with Gasteiger partial charge in [-0.2, -0.15) is 0 Å². The highest BCUT2D eigenvalue weighted by Gasteiger charge is 2.35. The lowest BCUT2D eigenvalue weighted by molar-refractivity contribution is -0.122. The summed E-state index contributed by atoms with van der Waals surface area (Å²) in [7, 11) is 0. The molecular formula is C18H16BrIN2O2. The first kappa shape index (κ1) is 17.4. The molecule has 0 bridgehead atoms. The maximum atomic E-state index is 12.5. The zero-order chi connectivity index (χ0) is 17.3. The Balaban J connectivity index is 1.73. The lowest BCUT2D eigenvalue weighted by Gasteiger charge is -2.18. The third kappa shape index (κ3) is 3.64. The van der Waals surface area contributed by atoms with Gasteiger partial charge in [-0.3, -0.25) is 9.59 Å². The van der Waals surface area contributed by atoms with Gasteiger partial charge in [0.05, 0.1) is 11.6 Å². The van der Waals surface area contributed by atoms with Crippen molar-refractivity contribution >= 4 is 61.7 Å². The highest BCUT2D eigenvalue weighted by molar-refractivity contribution is 14.1. The van der Waals surface area contributed by atoms with Crippen molar-refractivity contribution in [2.75, 3.05) is 16.8 Å². The Morgan fingerprint density at radius 2 is 2.04 bits per heavy atom. The molecule has 124 valence electrons. The molecule has 1 N–H and O–H groups in total. The number of rotatable bonds is 3. The fourth-order valence-corrected chi connectivity index (χ4v) is 3.50.